The minimum absolute atomic E-state index is 0.427. The fraction of sp³-hybridized carbons (Fsp3) is 0.846. The van der Waals surface area contributed by atoms with E-state index in [9.17, 15) is 0 Å². The SMILES string of the molecule is C=COCCCNC1CCOC(C(C)C)C1. The van der Waals surface area contributed by atoms with Crippen LogP contribution in [-0.4, -0.2) is 31.9 Å². The van der Waals surface area contributed by atoms with Gasteiger partial charge in [-0.1, -0.05) is 20.4 Å². The van der Waals surface area contributed by atoms with Crippen LogP contribution in [0.25, 0.3) is 0 Å². The molecule has 3 nitrogen and oxygen atoms in total. The zero-order valence-corrected chi connectivity index (χ0v) is 10.6. The summed E-state index contributed by atoms with van der Waals surface area (Å²) in [6.07, 6.45) is 5.24. The summed E-state index contributed by atoms with van der Waals surface area (Å²) in [5.74, 6) is 0.619. The van der Waals surface area contributed by atoms with Crippen LogP contribution in [0, 0.1) is 5.92 Å². The van der Waals surface area contributed by atoms with E-state index < -0.39 is 0 Å². The van der Waals surface area contributed by atoms with Crippen LogP contribution >= 0.6 is 0 Å². The van der Waals surface area contributed by atoms with E-state index in [4.69, 9.17) is 9.47 Å². The summed E-state index contributed by atoms with van der Waals surface area (Å²) in [5, 5.41) is 3.57. The molecule has 1 fully saturated rings. The summed E-state index contributed by atoms with van der Waals surface area (Å²) in [6.45, 7) is 10.6. The summed E-state index contributed by atoms with van der Waals surface area (Å²) in [5.41, 5.74) is 0. The molecule has 0 saturated carbocycles. The van der Waals surface area contributed by atoms with Gasteiger partial charge in [-0.25, -0.2) is 0 Å². The monoisotopic (exact) mass is 227 g/mol. The van der Waals surface area contributed by atoms with Crippen LogP contribution in [0.4, 0.5) is 0 Å². The van der Waals surface area contributed by atoms with Crippen LogP contribution < -0.4 is 5.32 Å². The second-order valence-corrected chi connectivity index (χ2v) is 4.72. The van der Waals surface area contributed by atoms with Crippen molar-refractivity contribution in [3.8, 4) is 0 Å². The molecule has 0 aromatic heterocycles. The van der Waals surface area contributed by atoms with E-state index in [-0.39, 0.29) is 0 Å². The van der Waals surface area contributed by atoms with Crippen molar-refractivity contribution in [1.29, 1.82) is 0 Å². The van der Waals surface area contributed by atoms with Gasteiger partial charge in [-0.05, 0) is 31.7 Å². The lowest BCUT2D eigenvalue weighted by Gasteiger charge is -2.32. The maximum Gasteiger partial charge on any atom is 0.0885 e. The van der Waals surface area contributed by atoms with Crippen molar-refractivity contribution >= 4 is 0 Å². The first-order chi connectivity index (χ1) is 7.74. The number of hydrogen-bond acceptors (Lipinski definition) is 3. The van der Waals surface area contributed by atoms with Gasteiger partial charge < -0.3 is 14.8 Å². The summed E-state index contributed by atoms with van der Waals surface area (Å²) in [4.78, 5) is 0. The molecule has 1 rings (SSSR count). The highest BCUT2D eigenvalue weighted by molar-refractivity contribution is 4.78. The van der Waals surface area contributed by atoms with Crippen molar-refractivity contribution in [1.82, 2.24) is 5.32 Å². The summed E-state index contributed by atoms with van der Waals surface area (Å²) in [7, 11) is 0. The lowest BCUT2D eigenvalue weighted by molar-refractivity contribution is -0.0243. The summed E-state index contributed by atoms with van der Waals surface area (Å²) < 4.78 is 10.8. The van der Waals surface area contributed by atoms with Crippen LogP contribution in [0.1, 0.15) is 33.1 Å². The Kier molecular flexibility index (Phi) is 6.50. The quantitative estimate of drug-likeness (QED) is 0.535. The minimum Gasteiger partial charge on any atom is -0.502 e. The third-order valence-electron chi connectivity index (χ3n) is 3.05. The van der Waals surface area contributed by atoms with Gasteiger partial charge in [0, 0.05) is 12.6 Å². The van der Waals surface area contributed by atoms with Gasteiger partial charge in [0.1, 0.15) is 0 Å². The van der Waals surface area contributed by atoms with Crippen LogP contribution in [0.3, 0.4) is 0 Å². The Bertz CT molecular complexity index is 194. The number of hydrogen-bond donors (Lipinski definition) is 1. The van der Waals surface area contributed by atoms with E-state index in [0.717, 1.165) is 39.0 Å². The van der Waals surface area contributed by atoms with E-state index in [1.54, 1.807) is 0 Å². The van der Waals surface area contributed by atoms with E-state index in [1.165, 1.54) is 6.26 Å². The second kappa shape index (κ2) is 7.69. The Balaban J connectivity index is 2.09. The molecule has 0 aliphatic carbocycles. The van der Waals surface area contributed by atoms with Gasteiger partial charge >= 0.3 is 0 Å². The number of ether oxygens (including phenoxy) is 2. The lowest BCUT2D eigenvalue weighted by Crippen LogP contribution is -2.41. The number of nitrogens with one attached hydrogen (secondary N) is 1. The van der Waals surface area contributed by atoms with Gasteiger partial charge in [0.25, 0.3) is 0 Å². The van der Waals surface area contributed by atoms with Crippen LogP contribution in [-0.2, 0) is 9.47 Å². The third kappa shape index (κ3) is 4.99. The predicted molar refractivity (Wildman–Crippen MR) is 66.4 cm³/mol. The Hall–Kier alpha value is -0.540. The normalized spacial score (nSPS) is 25.7. The van der Waals surface area contributed by atoms with Gasteiger partial charge in [-0.2, -0.15) is 0 Å². The minimum atomic E-state index is 0.427. The third-order valence-corrected chi connectivity index (χ3v) is 3.05. The van der Waals surface area contributed by atoms with Gasteiger partial charge in [0.15, 0.2) is 0 Å². The lowest BCUT2D eigenvalue weighted by atomic mass is 9.95. The molecule has 2 atom stereocenters. The van der Waals surface area contributed by atoms with Crippen molar-refractivity contribution in [2.75, 3.05) is 19.8 Å². The topological polar surface area (TPSA) is 30.5 Å². The van der Waals surface area contributed by atoms with E-state index in [1.807, 2.05) is 0 Å². The van der Waals surface area contributed by atoms with Crippen molar-refractivity contribution < 1.29 is 9.47 Å². The van der Waals surface area contributed by atoms with Gasteiger partial charge in [0.2, 0.25) is 0 Å². The molecular formula is C13H25NO2. The molecule has 3 heteroatoms. The van der Waals surface area contributed by atoms with Crippen molar-refractivity contribution in [2.24, 2.45) is 5.92 Å². The Morgan fingerprint density at radius 3 is 3.06 bits per heavy atom. The highest BCUT2D eigenvalue weighted by atomic mass is 16.5. The Labute approximate surface area is 99.2 Å². The molecule has 0 spiro atoms. The van der Waals surface area contributed by atoms with Crippen molar-refractivity contribution in [3.05, 3.63) is 12.8 Å². The standard InChI is InChI=1S/C13H25NO2/c1-4-15-8-5-7-14-12-6-9-16-13(10-12)11(2)3/h4,11-14H,1,5-10H2,2-3H3. The molecule has 2 unspecified atom stereocenters. The molecule has 94 valence electrons. The smallest absolute Gasteiger partial charge is 0.0885 e. The summed E-state index contributed by atoms with van der Waals surface area (Å²) in [6, 6.07) is 0.616. The molecule has 16 heavy (non-hydrogen) atoms. The van der Waals surface area contributed by atoms with Gasteiger partial charge in [-0.3, -0.25) is 0 Å². The average Bonchev–Trinajstić information content (AvgIpc) is 2.29. The average molecular weight is 227 g/mol. The maximum absolute atomic E-state index is 5.74. The summed E-state index contributed by atoms with van der Waals surface area (Å²) >= 11 is 0. The first kappa shape index (κ1) is 13.5. The van der Waals surface area contributed by atoms with E-state index in [0.29, 0.717) is 18.1 Å². The predicted octanol–water partition coefficient (Wildman–Crippen LogP) is 2.33. The van der Waals surface area contributed by atoms with E-state index >= 15 is 0 Å². The molecule has 1 aliphatic rings. The van der Waals surface area contributed by atoms with Crippen molar-refractivity contribution in [3.63, 3.8) is 0 Å². The molecule has 0 aromatic rings. The molecule has 0 radical (unpaired) electrons. The highest BCUT2D eigenvalue weighted by Crippen LogP contribution is 2.19. The van der Waals surface area contributed by atoms with Gasteiger partial charge in [-0.15, -0.1) is 0 Å². The van der Waals surface area contributed by atoms with Crippen LogP contribution in [0.15, 0.2) is 12.8 Å². The fourth-order valence-electron chi connectivity index (χ4n) is 2.02. The molecular weight excluding hydrogens is 202 g/mol. The molecule has 1 N–H and O–H groups in total. The van der Waals surface area contributed by atoms with Crippen LogP contribution in [0.2, 0.25) is 0 Å². The highest BCUT2D eigenvalue weighted by Gasteiger charge is 2.24. The molecule has 1 saturated heterocycles. The zero-order chi connectivity index (χ0) is 11.8. The maximum atomic E-state index is 5.74. The number of rotatable bonds is 7. The van der Waals surface area contributed by atoms with Gasteiger partial charge in [0.05, 0.1) is 19.0 Å². The Morgan fingerprint density at radius 2 is 2.38 bits per heavy atom. The van der Waals surface area contributed by atoms with E-state index in [2.05, 4.69) is 25.7 Å². The van der Waals surface area contributed by atoms with Crippen LogP contribution in [0.5, 0.6) is 0 Å². The zero-order valence-electron chi connectivity index (χ0n) is 10.6. The first-order valence-corrected chi connectivity index (χ1v) is 6.31. The second-order valence-electron chi connectivity index (χ2n) is 4.72. The Morgan fingerprint density at radius 1 is 1.56 bits per heavy atom. The largest absolute Gasteiger partial charge is 0.502 e. The molecule has 0 amide bonds. The molecule has 1 aliphatic heterocycles. The molecule has 1 heterocycles. The molecule has 0 bridgehead atoms. The fourth-order valence-corrected chi connectivity index (χ4v) is 2.02. The molecule has 0 aromatic carbocycles. The van der Waals surface area contributed by atoms with Crippen molar-refractivity contribution in [2.45, 2.75) is 45.3 Å². The first-order valence-electron chi connectivity index (χ1n) is 6.31.